The Bertz CT molecular complexity index is 1500. The van der Waals surface area contributed by atoms with E-state index in [9.17, 15) is 0 Å². The van der Waals surface area contributed by atoms with Crippen molar-refractivity contribution in [3.63, 3.8) is 0 Å². The van der Waals surface area contributed by atoms with Crippen LogP contribution in [0.5, 0.6) is 0 Å². The van der Waals surface area contributed by atoms with Gasteiger partial charge in [0.1, 0.15) is 12.0 Å². The van der Waals surface area contributed by atoms with Gasteiger partial charge in [0.05, 0.1) is 17.8 Å². The number of fused-ring (bicyclic) bond motifs is 2. The maximum atomic E-state index is 7.61. The summed E-state index contributed by atoms with van der Waals surface area (Å²) in [6.07, 6.45) is 9.75. The smallest absolute Gasteiger partial charge is 0.288 e. The molecule has 1 fully saturated rings. The lowest BCUT2D eigenvalue weighted by Gasteiger charge is -2.37. The quantitative estimate of drug-likeness (QED) is 0.181. The molecule has 2 heterocycles. The highest BCUT2D eigenvalue weighted by molar-refractivity contribution is 7.07. The molecule has 5 heteroatoms. The standard InChI is InChI=1S/C33H31N3OSi/c1-24-30-19-20-36(33(30)35-23-34-24)26-21-25-17-18-32(31(25)22-26)37-38(27-11-5-2-6-12-27,28-13-7-3-8-14-28)29-15-9-4-10-16-29/h2-16,19-21,23,26,31-32H,17-18,22H2,1H3/t26-,31-,32-/m0/s1. The van der Waals surface area contributed by atoms with E-state index in [-0.39, 0.29) is 6.10 Å². The minimum Gasteiger partial charge on any atom is -0.401 e. The van der Waals surface area contributed by atoms with E-state index in [0.717, 1.165) is 36.0 Å². The molecule has 0 radical (unpaired) electrons. The monoisotopic (exact) mass is 513 g/mol. The van der Waals surface area contributed by atoms with Gasteiger partial charge in [0, 0.05) is 17.5 Å². The van der Waals surface area contributed by atoms with E-state index in [0.29, 0.717) is 12.0 Å². The Kier molecular flexibility index (Phi) is 5.83. The van der Waals surface area contributed by atoms with E-state index in [4.69, 9.17) is 4.43 Å². The van der Waals surface area contributed by atoms with Gasteiger partial charge in [-0.1, -0.05) is 103 Å². The van der Waals surface area contributed by atoms with Crippen LogP contribution in [0.1, 0.15) is 31.0 Å². The minimum absolute atomic E-state index is 0.178. The Balaban J connectivity index is 1.28. The second-order valence-corrected chi connectivity index (χ2v) is 13.9. The molecule has 3 aromatic carbocycles. The molecule has 0 saturated heterocycles. The summed E-state index contributed by atoms with van der Waals surface area (Å²) in [4.78, 5) is 9.02. The first-order valence-corrected chi connectivity index (χ1v) is 15.5. The first-order valence-electron chi connectivity index (χ1n) is 13.6. The van der Waals surface area contributed by atoms with E-state index < -0.39 is 8.32 Å². The third-order valence-electron chi connectivity index (χ3n) is 8.48. The number of rotatable bonds is 6. The van der Waals surface area contributed by atoms with Crippen molar-refractivity contribution >= 4 is 34.9 Å². The fourth-order valence-electron chi connectivity index (χ4n) is 6.67. The molecule has 7 rings (SSSR count). The summed E-state index contributed by atoms with van der Waals surface area (Å²) in [7, 11) is -2.74. The Labute approximate surface area is 224 Å². The predicted octanol–water partition coefficient (Wildman–Crippen LogP) is 5.07. The lowest BCUT2D eigenvalue weighted by molar-refractivity contribution is 0.161. The summed E-state index contributed by atoms with van der Waals surface area (Å²) in [5.41, 5.74) is 3.60. The number of nitrogens with zero attached hydrogens (tertiary/aromatic N) is 3. The molecule has 0 N–H and O–H groups in total. The highest BCUT2D eigenvalue weighted by Crippen LogP contribution is 2.46. The molecule has 0 unspecified atom stereocenters. The van der Waals surface area contributed by atoms with Crippen LogP contribution < -0.4 is 15.6 Å². The fourth-order valence-corrected chi connectivity index (χ4v) is 10.8. The fraction of sp³-hybridized carbons (Fsp3) is 0.212. The van der Waals surface area contributed by atoms with Gasteiger partial charge in [-0.25, -0.2) is 9.97 Å². The van der Waals surface area contributed by atoms with Crippen molar-refractivity contribution in [3.8, 4) is 0 Å². The van der Waals surface area contributed by atoms with Crippen LogP contribution in [0.15, 0.2) is 121 Å². The van der Waals surface area contributed by atoms with E-state index in [1.165, 1.54) is 15.6 Å². The average molecular weight is 514 g/mol. The average Bonchev–Trinajstić information content (AvgIpc) is 3.69. The molecule has 0 amide bonds. The number of aryl methyl sites for hydroxylation is 1. The lowest BCUT2D eigenvalue weighted by atomic mass is 10.0. The molecule has 2 aliphatic carbocycles. The third kappa shape index (κ3) is 3.77. The van der Waals surface area contributed by atoms with Crippen LogP contribution in [-0.4, -0.2) is 29.0 Å². The summed E-state index contributed by atoms with van der Waals surface area (Å²) >= 11 is 0. The van der Waals surface area contributed by atoms with Crippen molar-refractivity contribution in [2.45, 2.75) is 38.3 Å². The Morgan fingerprint density at radius 2 is 1.39 bits per heavy atom. The highest BCUT2D eigenvalue weighted by Gasteiger charge is 2.48. The summed E-state index contributed by atoms with van der Waals surface area (Å²) in [6, 6.07) is 35.3. The number of benzene rings is 3. The Hall–Kier alpha value is -3.80. The Morgan fingerprint density at radius 1 is 0.789 bits per heavy atom. The minimum atomic E-state index is -2.74. The van der Waals surface area contributed by atoms with Gasteiger partial charge in [-0.05, 0) is 47.8 Å². The van der Waals surface area contributed by atoms with Gasteiger partial charge >= 0.3 is 0 Å². The van der Waals surface area contributed by atoms with Crippen molar-refractivity contribution in [1.82, 2.24) is 14.5 Å². The van der Waals surface area contributed by atoms with Crippen LogP contribution in [0.4, 0.5) is 0 Å². The topological polar surface area (TPSA) is 39.9 Å². The summed E-state index contributed by atoms with van der Waals surface area (Å²) in [6.45, 7) is 2.06. The van der Waals surface area contributed by atoms with E-state index in [1.54, 1.807) is 11.9 Å². The molecule has 38 heavy (non-hydrogen) atoms. The van der Waals surface area contributed by atoms with E-state index >= 15 is 0 Å². The molecule has 188 valence electrons. The second kappa shape index (κ2) is 9.50. The maximum Gasteiger partial charge on any atom is 0.288 e. The zero-order valence-corrected chi connectivity index (χ0v) is 22.6. The van der Waals surface area contributed by atoms with Gasteiger partial charge in [0.25, 0.3) is 8.32 Å². The molecule has 0 spiro atoms. The van der Waals surface area contributed by atoms with Crippen LogP contribution >= 0.6 is 0 Å². The van der Waals surface area contributed by atoms with Crippen LogP contribution in [0.3, 0.4) is 0 Å². The zero-order valence-electron chi connectivity index (χ0n) is 21.6. The normalized spacial score (nSPS) is 21.0. The molecule has 5 aromatic rings. The van der Waals surface area contributed by atoms with Gasteiger partial charge in [-0.15, -0.1) is 0 Å². The molecular formula is C33H31N3OSi. The van der Waals surface area contributed by atoms with E-state index in [2.05, 4.69) is 131 Å². The first-order chi connectivity index (χ1) is 18.7. The zero-order chi connectivity index (χ0) is 25.5. The van der Waals surface area contributed by atoms with Gasteiger partial charge in [-0.2, -0.15) is 0 Å². The predicted molar refractivity (Wildman–Crippen MR) is 156 cm³/mol. The van der Waals surface area contributed by atoms with Crippen LogP contribution in [0.2, 0.25) is 0 Å². The van der Waals surface area contributed by atoms with Crippen molar-refractivity contribution in [1.29, 1.82) is 0 Å². The van der Waals surface area contributed by atoms with Crippen LogP contribution in [0.25, 0.3) is 11.0 Å². The molecule has 0 aliphatic heterocycles. The largest absolute Gasteiger partial charge is 0.401 e. The van der Waals surface area contributed by atoms with Crippen molar-refractivity contribution < 1.29 is 4.43 Å². The van der Waals surface area contributed by atoms with Crippen LogP contribution in [-0.2, 0) is 4.43 Å². The summed E-state index contributed by atoms with van der Waals surface area (Å²) in [5, 5.41) is 5.04. The van der Waals surface area contributed by atoms with Gasteiger partial charge in [0.15, 0.2) is 0 Å². The summed E-state index contributed by atoms with van der Waals surface area (Å²) < 4.78 is 9.94. The maximum absolute atomic E-state index is 7.61. The first kappa shape index (κ1) is 23.3. The van der Waals surface area contributed by atoms with Crippen molar-refractivity contribution in [2.24, 2.45) is 5.92 Å². The summed E-state index contributed by atoms with van der Waals surface area (Å²) in [5.74, 6) is 0.420. The molecule has 2 aromatic heterocycles. The third-order valence-corrected chi connectivity index (χ3v) is 12.6. The van der Waals surface area contributed by atoms with Crippen molar-refractivity contribution in [3.05, 3.63) is 127 Å². The molecule has 4 nitrogen and oxygen atoms in total. The molecule has 2 aliphatic rings. The number of aromatic nitrogens is 3. The Morgan fingerprint density at radius 3 is 2.00 bits per heavy atom. The molecule has 0 bridgehead atoms. The highest BCUT2D eigenvalue weighted by atomic mass is 28.4. The number of hydrogen-bond donors (Lipinski definition) is 0. The lowest BCUT2D eigenvalue weighted by Crippen LogP contribution is -2.70. The van der Waals surface area contributed by atoms with Crippen molar-refractivity contribution in [2.75, 3.05) is 0 Å². The molecular weight excluding hydrogens is 482 g/mol. The van der Waals surface area contributed by atoms with Crippen LogP contribution in [0, 0.1) is 12.8 Å². The van der Waals surface area contributed by atoms with Gasteiger partial charge < -0.3 is 8.99 Å². The number of allylic oxidation sites excluding steroid dienone is 1. The molecule has 3 atom stereocenters. The number of hydrogen-bond acceptors (Lipinski definition) is 3. The van der Waals surface area contributed by atoms with Gasteiger partial charge in [-0.3, -0.25) is 0 Å². The SMILES string of the molecule is Cc1ncnc2c1ccn2[C@H]1C=C2CC[C@H](O[Si](c3ccccc3)(c3ccccc3)c3ccccc3)[C@H]2C1. The van der Waals surface area contributed by atoms with Gasteiger partial charge in [0.2, 0.25) is 0 Å². The second-order valence-electron chi connectivity index (χ2n) is 10.5. The molecule has 1 saturated carbocycles. The van der Waals surface area contributed by atoms with E-state index in [1.807, 2.05) is 0 Å².